The Kier molecular flexibility index (Phi) is 33.1. The van der Waals surface area contributed by atoms with Gasteiger partial charge < -0.3 is 78.8 Å². The second kappa shape index (κ2) is 39.1. The summed E-state index contributed by atoms with van der Waals surface area (Å²) in [6.07, 6.45) is 7.65. The third-order valence-electron chi connectivity index (χ3n) is 16.4. The summed E-state index contributed by atoms with van der Waals surface area (Å²) in [6, 6.07) is -13.8. The number of carbonyl (C=O) groups is 16. The number of hydrogen-bond acceptors (Lipinski definition) is 18. The molecule has 0 aromatic heterocycles. The van der Waals surface area contributed by atoms with Crippen molar-refractivity contribution in [2.24, 2.45) is 41.1 Å². The molecule has 92 heavy (non-hydrogen) atoms. The first-order valence-electron chi connectivity index (χ1n) is 31.6. The summed E-state index contributed by atoms with van der Waals surface area (Å²) in [6.45, 7) is 8.56. The van der Waals surface area contributed by atoms with E-state index in [-0.39, 0.29) is 51.7 Å². The molecule has 11 amide bonds. The summed E-state index contributed by atoms with van der Waals surface area (Å²) in [5.41, 5.74) is 11.8. The predicted octanol–water partition coefficient (Wildman–Crippen LogP) is -1.74. The Morgan fingerprint density at radius 2 is 1.32 bits per heavy atom. The number of unbranched alkanes of at least 4 members (excludes halogenated alkanes) is 5. The number of nitrogens with one attached hydrogen (secondary N) is 8. The van der Waals surface area contributed by atoms with Gasteiger partial charge in [-0.25, -0.2) is 0 Å². The highest BCUT2D eigenvalue weighted by molar-refractivity contribution is 6.01. The quantitative estimate of drug-likeness (QED) is 0.0290. The molecule has 0 spiro atoms. The van der Waals surface area contributed by atoms with Gasteiger partial charge in [-0.3, -0.25) is 76.7 Å². The van der Waals surface area contributed by atoms with E-state index in [1.807, 2.05) is 6.08 Å². The zero-order chi connectivity index (χ0) is 68.9. The summed E-state index contributed by atoms with van der Waals surface area (Å²) in [4.78, 5) is 219. The fraction of sp³-hybridized carbons (Fsp3) is 0.705. The van der Waals surface area contributed by atoms with Gasteiger partial charge >= 0.3 is 11.9 Å². The Morgan fingerprint density at radius 3 is 1.95 bits per heavy atom. The van der Waals surface area contributed by atoms with Crippen molar-refractivity contribution in [3.63, 3.8) is 0 Å². The summed E-state index contributed by atoms with van der Waals surface area (Å²) in [5.74, 6) is -20.9. The number of nitrogens with zero attached hydrogens (tertiary/aromatic N) is 2. The van der Waals surface area contributed by atoms with Gasteiger partial charge in [0.15, 0.2) is 11.6 Å². The average molecular weight is 1300 g/mol. The number of fused-ring (bicyclic) bond motifs is 2. The number of Topliss-reactive ketones (excluding diaryl/α,β-unsaturated/α-hetero) is 2. The second-order valence-electron chi connectivity index (χ2n) is 24.7. The van der Waals surface area contributed by atoms with Gasteiger partial charge in [0.1, 0.15) is 42.9 Å². The normalized spacial score (nSPS) is 25.3. The molecular weight excluding hydrogens is 1200 g/mol. The molecule has 0 aromatic rings. The molecule has 514 valence electrons. The van der Waals surface area contributed by atoms with Gasteiger partial charge in [-0.1, -0.05) is 78.9 Å². The van der Waals surface area contributed by atoms with E-state index in [1.54, 1.807) is 19.9 Å². The number of ketones is 2. The van der Waals surface area contributed by atoms with Crippen LogP contribution in [0.25, 0.3) is 0 Å². The molecule has 3 rings (SSSR count). The van der Waals surface area contributed by atoms with Crippen LogP contribution in [0, 0.1) is 29.6 Å². The van der Waals surface area contributed by atoms with Crippen LogP contribution in [0.15, 0.2) is 12.2 Å². The first kappa shape index (κ1) is 77.9. The fourth-order valence-electron chi connectivity index (χ4n) is 11.0. The molecule has 0 saturated carbocycles. The minimum Gasteiger partial charge on any atom is -0.481 e. The van der Waals surface area contributed by atoms with Crippen LogP contribution < -0.4 is 54.0 Å². The Hall–Kier alpha value is -8.38. The van der Waals surface area contributed by atoms with Gasteiger partial charge in [0.25, 0.3) is 6.47 Å². The lowest BCUT2D eigenvalue weighted by molar-refractivity contribution is -0.150. The number of ether oxygens (including phenoxy) is 1. The van der Waals surface area contributed by atoms with E-state index in [1.165, 1.54) is 18.7 Å². The molecule has 0 aliphatic carbocycles. The van der Waals surface area contributed by atoms with Crippen molar-refractivity contribution in [2.75, 3.05) is 32.8 Å². The zero-order valence-electron chi connectivity index (χ0n) is 53.8. The Morgan fingerprint density at radius 1 is 0.696 bits per heavy atom. The highest BCUT2D eigenvalue weighted by Gasteiger charge is 2.45. The van der Waals surface area contributed by atoms with E-state index < -0.39 is 212 Å². The first-order valence-corrected chi connectivity index (χ1v) is 31.6. The number of carbonyl (C=O) groups excluding carboxylic acids is 14. The number of aliphatic carboxylic acids is 2. The van der Waals surface area contributed by atoms with Gasteiger partial charge in [0.05, 0.1) is 55.8 Å². The van der Waals surface area contributed by atoms with Gasteiger partial charge in [0.2, 0.25) is 65.0 Å². The number of primary amides is 1. The van der Waals surface area contributed by atoms with E-state index >= 15 is 4.79 Å². The van der Waals surface area contributed by atoms with Gasteiger partial charge in [-0.15, -0.1) is 0 Å². The number of carboxylic acid groups (broad SMARTS) is 2. The van der Waals surface area contributed by atoms with E-state index in [9.17, 15) is 82.1 Å². The Labute approximate surface area is 535 Å². The smallest absolute Gasteiger partial charge is 0.307 e. The number of hydrogen-bond donors (Lipinski definition) is 12. The van der Waals surface area contributed by atoms with Crippen LogP contribution in [0.3, 0.4) is 0 Å². The summed E-state index contributed by atoms with van der Waals surface area (Å²) < 4.78 is 4.68. The van der Waals surface area contributed by atoms with Crippen LogP contribution in [0.2, 0.25) is 0 Å². The van der Waals surface area contributed by atoms with Crippen molar-refractivity contribution in [1.29, 1.82) is 0 Å². The highest BCUT2D eigenvalue weighted by Crippen LogP contribution is 2.27. The van der Waals surface area contributed by atoms with Crippen LogP contribution in [0.4, 0.5) is 0 Å². The third kappa shape index (κ3) is 25.7. The van der Waals surface area contributed by atoms with E-state index in [0.717, 1.165) is 50.3 Å². The maximum Gasteiger partial charge on any atom is 0.307 e. The first-order chi connectivity index (χ1) is 43.4. The lowest BCUT2D eigenvalue weighted by Crippen LogP contribution is -2.64. The summed E-state index contributed by atoms with van der Waals surface area (Å²) in [5, 5.41) is 39.1. The molecule has 4 unspecified atom stereocenters. The van der Waals surface area contributed by atoms with E-state index in [0.29, 0.717) is 18.8 Å². The molecular formula is C61H96N12O19. The van der Waals surface area contributed by atoms with Gasteiger partial charge in [-0.05, 0) is 70.6 Å². The van der Waals surface area contributed by atoms with E-state index in [2.05, 4.69) is 61.1 Å². The molecule has 3 fully saturated rings. The number of allylic oxidation sites excluding steroid dienone is 1. The molecule has 0 radical (unpaired) electrons. The lowest BCUT2D eigenvalue weighted by atomic mass is 9.84. The van der Waals surface area contributed by atoms with Gasteiger partial charge in [-0.2, -0.15) is 0 Å². The van der Waals surface area contributed by atoms with Crippen LogP contribution in [-0.4, -0.2) is 202 Å². The molecule has 12 atom stereocenters. The Bertz CT molecular complexity index is 2690. The fourth-order valence-corrected chi connectivity index (χ4v) is 11.0. The predicted molar refractivity (Wildman–Crippen MR) is 328 cm³/mol. The van der Waals surface area contributed by atoms with Crippen molar-refractivity contribution in [1.82, 2.24) is 52.3 Å². The molecule has 3 aliphatic rings. The second-order valence-corrected chi connectivity index (χ2v) is 24.7. The maximum absolute atomic E-state index is 15.3. The van der Waals surface area contributed by atoms with E-state index in [4.69, 9.17) is 11.5 Å². The van der Waals surface area contributed by atoms with Gasteiger partial charge in [0, 0.05) is 38.4 Å². The van der Waals surface area contributed by atoms with Crippen molar-refractivity contribution >= 4 is 95.0 Å². The molecule has 3 saturated heterocycles. The maximum atomic E-state index is 15.3. The zero-order valence-corrected chi connectivity index (χ0v) is 53.8. The van der Waals surface area contributed by atoms with Crippen LogP contribution in [0.1, 0.15) is 158 Å². The SMILES string of the molecule is CC(C)CCCCCCC/C=C\CC(=O)N[C@@H](CC(N)=O)C(=O)NC1C(=O)N2CCCC[C@@H]2C(=O)C[C@@H](C(C)C(=O)O)C(=O)N[C@@H](CC(=O)O)C(=O)NCC(=O)NC(COC=O)C(=O)NCC(=O)C[C@H](C(C)N)C(=O)N[C@@H](C(C)C)C(=O)N2CCC[C@H]2C(=O)N[C@@H]1C. The number of carboxylic acids is 2. The average Bonchev–Trinajstić information content (AvgIpc) is 1.26. The third-order valence-corrected chi connectivity index (χ3v) is 16.4. The number of nitrogens with two attached hydrogens (primary N) is 2. The minimum absolute atomic E-state index is 0.00406. The van der Waals surface area contributed by atoms with Crippen LogP contribution in [-0.2, 0) is 81.4 Å². The highest BCUT2D eigenvalue weighted by atomic mass is 16.5. The summed E-state index contributed by atoms with van der Waals surface area (Å²) in [7, 11) is 0. The minimum atomic E-state index is -2.04. The largest absolute Gasteiger partial charge is 0.481 e. The molecule has 14 N–H and O–H groups in total. The van der Waals surface area contributed by atoms with Crippen molar-refractivity contribution in [3.05, 3.63) is 12.2 Å². The Balaban J connectivity index is 2.15. The molecule has 31 heteroatoms. The van der Waals surface area contributed by atoms with Crippen molar-refractivity contribution in [2.45, 2.75) is 212 Å². The number of amides is 11. The number of rotatable bonds is 24. The van der Waals surface area contributed by atoms with Crippen LogP contribution >= 0.6 is 0 Å². The summed E-state index contributed by atoms with van der Waals surface area (Å²) >= 11 is 0. The number of piperidine rings is 1. The molecule has 3 heterocycles. The van der Waals surface area contributed by atoms with Crippen molar-refractivity contribution < 1.29 is 91.7 Å². The molecule has 0 aromatic carbocycles. The van der Waals surface area contributed by atoms with Crippen molar-refractivity contribution in [3.8, 4) is 0 Å². The lowest BCUT2D eigenvalue weighted by Gasteiger charge is -2.39. The topological polar surface area (TPSA) is 478 Å². The standard InChI is InChI=1S/C61H96N12O19/c1-33(2)19-14-12-10-8-9-11-13-15-22-48(78)67-41(27-47(63)77)57(86)71-52-37(7)66-58(87)45-21-18-24-73(45)59(88)51(34(3)4)70-54(83)40(36(6)62)25-38(75)29-64-56(85)43(31-92-32-74)68-49(79)30-65-55(84)42(28-50(80)81)69-53(82)39(35(5)61(90)91)26-46(76)44-20-16-17-23-72(44)60(52)89/h13,15,32-37,39-45,51-52H,8-12,14,16-31,62H2,1-7H3,(H2,63,77)(H,64,85)(H,65,84)(H,66,87)(H,67,78)(H,68,79)(H,69,82)(H,70,83)(H,71,86)(H,80,81)(H,90,91)/b15-13-/t35?,36?,37-,39+,40-,41+,42+,43?,44-,45+,51+,52?/m1/s1. The monoisotopic (exact) mass is 1300 g/mol. The molecule has 0 bridgehead atoms. The molecule has 31 nitrogen and oxygen atoms in total. The molecule has 3 aliphatic heterocycles. The van der Waals surface area contributed by atoms with Crippen LogP contribution in [0.5, 0.6) is 0 Å².